The largest absolute Gasteiger partial charge is 0.315 e. The van der Waals surface area contributed by atoms with Gasteiger partial charge in [0.2, 0.25) is 10.0 Å². The highest BCUT2D eigenvalue weighted by Crippen LogP contribution is 2.15. The van der Waals surface area contributed by atoms with E-state index in [-0.39, 0.29) is 0 Å². The third kappa shape index (κ3) is 5.05. The number of nitrogens with one attached hydrogen (secondary N) is 1. The van der Waals surface area contributed by atoms with E-state index in [0.29, 0.717) is 18.1 Å². The van der Waals surface area contributed by atoms with Crippen LogP contribution in [-0.4, -0.2) is 38.1 Å². The molecule has 0 bridgehead atoms. The minimum absolute atomic E-state index is 0.334. The molecule has 0 saturated heterocycles. The minimum atomic E-state index is -3.30. The molecule has 20 heavy (non-hydrogen) atoms. The molecule has 0 aromatic heterocycles. The lowest BCUT2D eigenvalue weighted by Crippen LogP contribution is -2.40. The Morgan fingerprint density at radius 3 is 2.70 bits per heavy atom. The first-order chi connectivity index (χ1) is 9.37. The van der Waals surface area contributed by atoms with Crippen LogP contribution < -0.4 is 5.32 Å². The fourth-order valence-corrected chi connectivity index (χ4v) is 3.36. The van der Waals surface area contributed by atoms with Crippen molar-refractivity contribution in [2.45, 2.75) is 32.1 Å². The number of rotatable bonds is 8. The van der Waals surface area contributed by atoms with E-state index in [1.54, 1.807) is 26.1 Å². The predicted molar refractivity (Wildman–Crippen MR) is 84.5 cm³/mol. The first-order valence-electron chi connectivity index (χ1n) is 6.78. The Morgan fingerprint density at radius 2 is 2.10 bits per heavy atom. The second kappa shape index (κ2) is 7.98. The molecule has 0 saturated carbocycles. The van der Waals surface area contributed by atoms with Crippen LogP contribution >= 0.6 is 11.6 Å². The van der Waals surface area contributed by atoms with Gasteiger partial charge in [-0.15, -0.1) is 0 Å². The Kier molecular flexibility index (Phi) is 6.95. The van der Waals surface area contributed by atoms with E-state index in [1.165, 1.54) is 4.31 Å². The van der Waals surface area contributed by atoms with Gasteiger partial charge in [0.05, 0.1) is 5.25 Å². The normalized spacial score (nSPS) is 13.7. The van der Waals surface area contributed by atoms with Crippen LogP contribution in [0.15, 0.2) is 24.3 Å². The monoisotopic (exact) mass is 318 g/mol. The summed E-state index contributed by atoms with van der Waals surface area (Å²) in [5.74, 6) is 0. The number of nitrogens with zero attached hydrogens (tertiary/aromatic N) is 1. The molecule has 4 nitrogen and oxygen atoms in total. The van der Waals surface area contributed by atoms with Crippen LogP contribution in [0.3, 0.4) is 0 Å². The van der Waals surface area contributed by atoms with Gasteiger partial charge in [0.25, 0.3) is 0 Å². The Morgan fingerprint density at radius 1 is 1.40 bits per heavy atom. The molecule has 0 radical (unpaired) electrons. The van der Waals surface area contributed by atoms with Gasteiger partial charge in [-0.2, -0.15) is 0 Å². The average Bonchev–Trinajstić information content (AvgIpc) is 2.38. The first kappa shape index (κ1) is 17.4. The summed E-state index contributed by atoms with van der Waals surface area (Å²) in [7, 11) is -1.70. The highest BCUT2D eigenvalue weighted by Gasteiger charge is 2.25. The second-order valence-electron chi connectivity index (χ2n) is 4.95. The predicted octanol–water partition coefficient (Wildman–Crippen LogP) is 2.49. The topological polar surface area (TPSA) is 49.4 Å². The number of benzene rings is 1. The molecule has 0 fully saturated rings. The Balaban J connectivity index is 2.66. The summed E-state index contributed by atoms with van der Waals surface area (Å²) >= 11 is 5.91. The number of hydrogen-bond donors (Lipinski definition) is 1. The molecule has 1 N–H and O–H groups in total. The Labute approximate surface area is 127 Å². The zero-order valence-corrected chi connectivity index (χ0v) is 13.8. The third-order valence-electron chi connectivity index (χ3n) is 3.10. The highest BCUT2D eigenvalue weighted by atomic mass is 35.5. The van der Waals surface area contributed by atoms with E-state index in [4.69, 9.17) is 11.6 Å². The van der Waals surface area contributed by atoms with E-state index in [9.17, 15) is 8.42 Å². The Hall–Kier alpha value is -0.620. The summed E-state index contributed by atoms with van der Waals surface area (Å²) in [6, 6.07) is 7.26. The fourth-order valence-electron chi connectivity index (χ4n) is 1.88. The summed E-state index contributed by atoms with van der Waals surface area (Å²) in [5.41, 5.74) is 0.886. The van der Waals surface area contributed by atoms with Crippen LogP contribution in [0, 0.1) is 0 Å². The molecule has 0 spiro atoms. The summed E-state index contributed by atoms with van der Waals surface area (Å²) in [6.45, 7) is 5.42. The van der Waals surface area contributed by atoms with Crippen molar-refractivity contribution in [3.05, 3.63) is 34.9 Å². The second-order valence-corrected chi connectivity index (χ2v) is 7.84. The SMILES string of the molecule is CCCNCC(C)S(=O)(=O)N(C)Cc1cccc(Cl)c1. The van der Waals surface area contributed by atoms with Gasteiger partial charge < -0.3 is 5.32 Å². The molecular weight excluding hydrogens is 296 g/mol. The molecule has 0 aliphatic heterocycles. The van der Waals surface area contributed by atoms with Crippen molar-refractivity contribution < 1.29 is 8.42 Å². The summed E-state index contributed by atoms with van der Waals surface area (Å²) < 4.78 is 26.1. The molecule has 1 atom stereocenters. The standard InChI is InChI=1S/C14H23ClN2O2S/c1-4-8-16-10-12(2)20(18,19)17(3)11-13-6-5-7-14(15)9-13/h5-7,9,12,16H,4,8,10-11H2,1-3H3. The summed E-state index contributed by atoms with van der Waals surface area (Å²) in [4.78, 5) is 0. The van der Waals surface area contributed by atoms with Crippen molar-refractivity contribution in [1.82, 2.24) is 9.62 Å². The van der Waals surface area contributed by atoms with Gasteiger partial charge in [-0.3, -0.25) is 0 Å². The number of halogens is 1. The molecule has 0 amide bonds. The molecular formula is C14H23ClN2O2S. The van der Waals surface area contributed by atoms with Gasteiger partial charge in [-0.25, -0.2) is 12.7 Å². The third-order valence-corrected chi connectivity index (χ3v) is 5.51. The van der Waals surface area contributed by atoms with E-state index in [2.05, 4.69) is 12.2 Å². The maximum absolute atomic E-state index is 12.4. The zero-order chi connectivity index (χ0) is 15.2. The van der Waals surface area contributed by atoms with Gasteiger partial charge in [-0.05, 0) is 37.6 Å². The van der Waals surface area contributed by atoms with Crippen LogP contribution in [0.1, 0.15) is 25.8 Å². The fraction of sp³-hybridized carbons (Fsp3) is 0.571. The molecule has 1 aromatic rings. The smallest absolute Gasteiger partial charge is 0.218 e. The van der Waals surface area contributed by atoms with Crippen LogP contribution in [0.2, 0.25) is 5.02 Å². The minimum Gasteiger partial charge on any atom is -0.315 e. The van der Waals surface area contributed by atoms with Crippen molar-refractivity contribution in [3.8, 4) is 0 Å². The number of hydrogen-bond acceptors (Lipinski definition) is 3. The van der Waals surface area contributed by atoms with Gasteiger partial charge in [0.15, 0.2) is 0 Å². The van der Waals surface area contributed by atoms with Crippen molar-refractivity contribution in [3.63, 3.8) is 0 Å². The van der Waals surface area contributed by atoms with Crippen LogP contribution in [0.25, 0.3) is 0 Å². The van der Waals surface area contributed by atoms with Gasteiger partial charge in [-0.1, -0.05) is 30.7 Å². The molecule has 114 valence electrons. The van der Waals surface area contributed by atoms with Crippen LogP contribution in [0.4, 0.5) is 0 Å². The van der Waals surface area contributed by atoms with Crippen LogP contribution in [0.5, 0.6) is 0 Å². The molecule has 0 aliphatic carbocycles. The summed E-state index contributed by atoms with van der Waals surface area (Å²) in [6.07, 6.45) is 0.991. The van der Waals surface area contributed by atoms with Gasteiger partial charge >= 0.3 is 0 Å². The molecule has 0 heterocycles. The maximum atomic E-state index is 12.4. The van der Waals surface area contributed by atoms with Crippen molar-refractivity contribution in [2.24, 2.45) is 0 Å². The lowest BCUT2D eigenvalue weighted by Gasteiger charge is -2.22. The first-order valence-corrected chi connectivity index (χ1v) is 8.66. The molecule has 0 aliphatic rings. The molecule has 1 unspecified atom stereocenters. The van der Waals surface area contributed by atoms with E-state index in [0.717, 1.165) is 18.5 Å². The lowest BCUT2D eigenvalue weighted by atomic mass is 10.2. The van der Waals surface area contributed by atoms with Crippen molar-refractivity contribution in [1.29, 1.82) is 0 Å². The molecule has 6 heteroatoms. The van der Waals surface area contributed by atoms with Gasteiger partial charge in [0, 0.05) is 25.2 Å². The van der Waals surface area contributed by atoms with Gasteiger partial charge in [0.1, 0.15) is 0 Å². The quantitative estimate of drug-likeness (QED) is 0.749. The van der Waals surface area contributed by atoms with Crippen LogP contribution in [-0.2, 0) is 16.6 Å². The van der Waals surface area contributed by atoms with Crippen molar-refractivity contribution >= 4 is 21.6 Å². The van der Waals surface area contributed by atoms with Crippen molar-refractivity contribution in [2.75, 3.05) is 20.1 Å². The average molecular weight is 319 g/mol. The molecule has 1 aromatic carbocycles. The highest BCUT2D eigenvalue weighted by molar-refractivity contribution is 7.89. The van der Waals surface area contributed by atoms with E-state index in [1.807, 2.05) is 12.1 Å². The zero-order valence-electron chi connectivity index (χ0n) is 12.3. The molecule has 1 rings (SSSR count). The Bertz CT molecular complexity index is 520. The van der Waals surface area contributed by atoms with E-state index < -0.39 is 15.3 Å². The maximum Gasteiger partial charge on any atom is 0.218 e. The number of sulfonamides is 1. The lowest BCUT2D eigenvalue weighted by molar-refractivity contribution is 0.453. The van der Waals surface area contributed by atoms with E-state index >= 15 is 0 Å². The summed E-state index contributed by atoms with van der Waals surface area (Å²) in [5, 5.41) is 3.31.